The number of rotatable bonds is 7. The van der Waals surface area contributed by atoms with Gasteiger partial charge in [0.15, 0.2) is 0 Å². The first-order valence-corrected chi connectivity index (χ1v) is 10.8. The number of benzene rings is 2. The quantitative estimate of drug-likeness (QED) is 0.566. The summed E-state index contributed by atoms with van der Waals surface area (Å²) in [6, 6.07) is 22.0. The zero-order valence-corrected chi connectivity index (χ0v) is 17.8. The minimum absolute atomic E-state index is 0.0789. The molecule has 0 bridgehead atoms. The molecule has 31 heavy (non-hydrogen) atoms. The van der Waals surface area contributed by atoms with E-state index in [0.717, 1.165) is 22.3 Å². The van der Waals surface area contributed by atoms with E-state index in [4.69, 9.17) is 4.74 Å². The molecule has 1 aliphatic rings. The van der Waals surface area contributed by atoms with Gasteiger partial charge in [0, 0.05) is 32.0 Å². The van der Waals surface area contributed by atoms with Gasteiger partial charge in [-0.2, -0.15) is 0 Å². The highest BCUT2D eigenvalue weighted by Gasteiger charge is 2.43. The maximum Gasteiger partial charge on any atom is 0.411 e. The van der Waals surface area contributed by atoms with Gasteiger partial charge in [0.2, 0.25) is 0 Å². The second kappa shape index (κ2) is 9.31. The molecule has 1 saturated heterocycles. The molecule has 5 heteroatoms. The van der Waals surface area contributed by atoms with Crippen molar-refractivity contribution in [2.45, 2.75) is 37.8 Å². The van der Waals surface area contributed by atoms with Crippen molar-refractivity contribution in [3.63, 3.8) is 0 Å². The summed E-state index contributed by atoms with van der Waals surface area (Å²) in [5.41, 5.74) is 3.53. The molecule has 1 aliphatic heterocycles. The van der Waals surface area contributed by atoms with Crippen molar-refractivity contribution in [2.75, 3.05) is 13.2 Å². The molecule has 5 nitrogen and oxygen atoms in total. The molecule has 1 aromatic heterocycles. The lowest BCUT2D eigenvalue weighted by molar-refractivity contribution is -0.0680. The van der Waals surface area contributed by atoms with Crippen molar-refractivity contribution in [2.24, 2.45) is 0 Å². The third-order valence-electron chi connectivity index (χ3n) is 6.17. The molecule has 0 spiro atoms. The minimum atomic E-state index is -0.679. The van der Waals surface area contributed by atoms with Crippen LogP contribution in [0, 0.1) is 0 Å². The molecule has 0 unspecified atom stereocenters. The van der Waals surface area contributed by atoms with Gasteiger partial charge in [-0.25, -0.2) is 4.79 Å². The van der Waals surface area contributed by atoms with E-state index in [2.05, 4.69) is 29.2 Å². The molecule has 1 amide bonds. The van der Waals surface area contributed by atoms with Gasteiger partial charge in [0.1, 0.15) is 5.60 Å². The minimum Gasteiger partial charge on any atom is -0.438 e. The molecule has 2 aromatic carbocycles. The van der Waals surface area contributed by atoms with Crippen LogP contribution in [-0.2, 0) is 10.3 Å². The number of nitrogens with zero attached hydrogens (tertiary/aromatic N) is 2. The van der Waals surface area contributed by atoms with Gasteiger partial charge in [0.25, 0.3) is 0 Å². The number of carbonyl (C=O) groups is 1. The van der Waals surface area contributed by atoms with Crippen LogP contribution in [-0.4, -0.2) is 34.2 Å². The molecule has 1 N–H and O–H groups in total. The molecular weight excluding hydrogens is 388 g/mol. The van der Waals surface area contributed by atoms with Crippen LogP contribution in [0.25, 0.3) is 11.1 Å². The predicted molar refractivity (Wildman–Crippen MR) is 120 cm³/mol. The molecule has 4 rings (SSSR count). The topological polar surface area (TPSA) is 62.7 Å². The Kier molecular flexibility index (Phi) is 6.33. The Morgan fingerprint density at radius 3 is 2.48 bits per heavy atom. The number of hydrogen-bond donors (Lipinski definition) is 1. The molecule has 2 heterocycles. The van der Waals surface area contributed by atoms with Crippen LogP contribution in [0.2, 0.25) is 0 Å². The first-order valence-electron chi connectivity index (χ1n) is 10.8. The summed E-state index contributed by atoms with van der Waals surface area (Å²) in [6.07, 6.45) is 5.20. The van der Waals surface area contributed by atoms with Crippen molar-refractivity contribution in [3.05, 3.63) is 90.3 Å². The van der Waals surface area contributed by atoms with Crippen LogP contribution in [0.5, 0.6) is 0 Å². The summed E-state index contributed by atoms with van der Waals surface area (Å²) in [4.78, 5) is 19.1. The van der Waals surface area contributed by atoms with E-state index in [9.17, 15) is 9.90 Å². The van der Waals surface area contributed by atoms with E-state index >= 15 is 0 Å². The fourth-order valence-corrected chi connectivity index (χ4v) is 4.32. The zero-order valence-electron chi connectivity index (χ0n) is 17.8. The van der Waals surface area contributed by atoms with E-state index in [-0.39, 0.29) is 18.7 Å². The molecule has 2 atom stereocenters. The lowest BCUT2D eigenvalue weighted by atomic mass is 9.84. The second-order valence-electron chi connectivity index (χ2n) is 8.04. The van der Waals surface area contributed by atoms with E-state index in [1.165, 1.54) is 0 Å². The summed E-state index contributed by atoms with van der Waals surface area (Å²) in [7, 11) is 0. The summed E-state index contributed by atoms with van der Waals surface area (Å²) >= 11 is 0. The third kappa shape index (κ3) is 4.47. The van der Waals surface area contributed by atoms with E-state index in [0.29, 0.717) is 25.8 Å². The van der Waals surface area contributed by atoms with Gasteiger partial charge in [-0.05, 0) is 48.1 Å². The summed E-state index contributed by atoms with van der Waals surface area (Å²) in [6.45, 7) is 2.71. The number of hydrogen-bond acceptors (Lipinski definition) is 4. The Labute approximate surface area is 183 Å². The Morgan fingerprint density at radius 2 is 1.84 bits per heavy atom. The van der Waals surface area contributed by atoms with Crippen LogP contribution in [0.4, 0.5) is 4.79 Å². The van der Waals surface area contributed by atoms with Gasteiger partial charge >= 0.3 is 6.09 Å². The number of aliphatic hydroxyl groups is 1. The van der Waals surface area contributed by atoms with Gasteiger partial charge in [-0.3, -0.25) is 4.98 Å². The fourth-order valence-electron chi connectivity index (χ4n) is 4.32. The third-order valence-corrected chi connectivity index (χ3v) is 6.17. The molecule has 160 valence electrons. The lowest BCUT2D eigenvalue weighted by Crippen LogP contribution is -2.48. The van der Waals surface area contributed by atoms with Crippen LogP contribution in [0.15, 0.2) is 79.1 Å². The zero-order chi connectivity index (χ0) is 21.7. The Balaban J connectivity index is 1.51. The fraction of sp³-hybridized carbons (Fsp3) is 0.308. The van der Waals surface area contributed by atoms with Crippen molar-refractivity contribution >= 4 is 6.09 Å². The number of aromatic nitrogens is 1. The largest absolute Gasteiger partial charge is 0.438 e. The number of aliphatic hydroxyl groups excluding tert-OH is 1. The monoisotopic (exact) mass is 416 g/mol. The predicted octanol–water partition coefficient (Wildman–Crippen LogP) is 5.32. The molecule has 1 fully saturated rings. The van der Waals surface area contributed by atoms with E-state index in [1.807, 2.05) is 55.6 Å². The van der Waals surface area contributed by atoms with Crippen LogP contribution in [0.1, 0.15) is 43.4 Å². The summed E-state index contributed by atoms with van der Waals surface area (Å²) in [5, 5.41) is 9.36. The van der Waals surface area contributed by atoms with Gasteiger partial charge in [-0.1, -0.05) is 60.7 Å². The molecular formula is C26H28N2O3. The highest BCUT2D eigenvalue weighted by atomic mass is 16.6. The number of ether oxygens (including phenoxy) is 1. The van der Waals surface area contributed by atoms with E-state index < -0.39 is 5.60 Å². The number of cyclic esters (lactones) is 1. The van der Waals surface area contributed by atoms with Crippen molar-refractivity contribution < 1.29 is 14.6 Å². The summed E-state index contributed by atoms with van der Waals surface area (Å²) in [5.74, 6) is 0. The van der Waals surface area contributed by atoms with Crippen LogP contribution < -0.4 is 0 Å². The SMILES string of the molecule is C[C@@H](c1ccc(-c2cccnc2)cc1)N1CC[C@](CCCO)(c2ccccc2)OC1=O. The molecule has 3 aromatic rings. The maximum atomic E-state index is 13.1. The highest BCUT2D eigenvalue weighted by molar-refractivity contribution is 5.70. The lowest BCUT2D eigenvalue weighted by Gasteiger charge is -2.43. The first-order chi connectivity index (χ1) is 15.1. The van der Waals surface area contributed by atoms with Crippen molar-refractivity contribution in [3.8, 4) is 11.1 Å². The van der Waals surface area contributed by atoms with E-state index in [1.54, 1.807) is 11.1 Å². The Hall–Kier alpha value is -3.18. The Bertz CT molecular complexity index is 992. The van der Waals surface area contributed by atoms with Gasteiger partial charge < -0.3 is 14.7 Å². The number of amides is 1. The van der Waals surface area contributed by atoms with Crippen LogP contribution in [0.3, 0.4) is 0 Å². The average molecular weight is 417 g/mol. The van der Waals surface area contributed by atoms with Gasteiger partial charge in [0.05, 0.1) is 6.04 Å². The van der Waals surface area contributed by atoms with Crippen molar-refractivity contribution in [1.29, 1.82) is 0 Å². The summed E-state index contributed by atoms with van der Waals surface area (Å²) < 4.78 is 6.08. The number of pyridine rings is 1. The standard InChI is InChI=1S/C26H28N2O3/c1-20(21-10-12-22(13-11-21)23-7-5-16-27-19-23)28-17-15-26(14-6-18-29,31-25(28)30)24-8-3-2-4-9-24/h2-5,7-13,16,19-20,29H,6,14-15,17-18H2,1H3/t20-,26+/m0/s1. The normalized spacial score (nSPS) is 19.7. The van der Waals surface area contributed by atoms with Crippen molar-refractivity contribution in [1.82, 2.24) is 9.88 Å². The van der Waals surface area contributed by atoms with Crippen LogP contribution >= 0.6 is 0 Å². The maximum absolute atomic E-state index is 13.1. The molecule has 0 saturated carbocycles. The number of carbonyl (C=O) groups excluding carboxylic acids is 1. The average Bonchev–Trinajstić information content (AvgIpc) is 2.83. The molecule has 0 radical (unpaired) electrons. The highest BCUT2D eigenvalue weighted by Crippen LogP contribution is 2.40. The smallest absolute Gasteiger partial charge is 0.411 e. The second-order valence-corrected chi connectivity index (χ2v) is 8.04. The molecule has 0 aliphatic carbocycles. The van der Waals surface area contributed by atoms with Gasteiger partial charge in [-0.15, -0.1) is 0 Å². The Morgan fingerprint density at radius 1 is 1.06 bits per heavy atom. The first kappa shape index (κ1) is 21.1.